The Kier molecular flexibility index (Phi) is 7.15. The van der Waals surface area contributed by atoms with Crippen LogP contribution in [0.25, 0.3) is 0 Å². The summed E-state index contributed by atoms with van der Waals surface area (Å²) in [5.41, 5.74) is 2.60. The van der Waals surface area contributed by atoms with Gasteiger partial charge in [-0.2, -0.15) is 0 Å². The van der Waals surface area contributed by atoms with E-state index in [-0.39, 0.29) is 17.7 Å². The minimum absolute atomic E-state index is 0.0132. The Bertz CT molecular complexity index is 1060. The van der Waals surface area contributed by atoms with Crippen LogP contribution >= 0.6 is 0 Å². The third kappa shape index (κ3) is 5.29. The van der Waals surface area contributed by atoms with Gasteiger partial charge in [-0.05, 0) is 66.9 Å². The largest absolute Gasteiger partial charge is 0.504 e. The predicted octanol–water partition coefficient (Wildman–Crippen LogP) is 4.72. The monoisotopic (exact) mass is 446 g/mol. The molecule has 6 heteroatoms. The highest BCUT2D eigenvalue weighted by molar-refractivity contribution is 6.06. The van der Waals surface area contributed by atoms with Crippen molar-refractivity contribution in [2.24, 2.45) is 0 Å². The van der Waals surface area contributed by atoms with E-state index in [1.54, 1.807) is 26.4 Å². The van der Waals surface area contributed by atoms with Gasteiger partial charge >= 0.3 is 0 Å². The molecule has 0 radical (unpaired) electrons. The van der Waals surface area contributed by atoms with Crippen LogP contribution in [-0.2, 0) is 6.54 Å². The van der Waals surface area contributed by atoms with Crippen LogP contribution in [0.1, 0.15) is 28.8 Å². The van der Waals surface area contributed by atoms with Gasteiger partial charge in [-0.1, -0.05) is 24.3 Å². The molecule has 1 amide bonds. The summed E-state index contributed by atoms with van der Waals surface area (Å²) in [5.74, 6) is 1.42. The minimum atomic E-state index is 0.0132. The predicted molar refractivity (Wildman–Crippen MR) is 129 cm³/mol. The molecule has 1 aliphatic heterocycles. The molecule has 0 aromatic heterocycles. The van der Waals surface area contributed by atoms with Gasteiger partial charge in [0, 0.05) is 36.9 Å². The Morgan fingerprint density at radius 1 is 0.970 bits per heavy atom. The number of hydrogen-bond donors (Lipinski definition) is 1. The summed E-state index contributed by atoms with van der Waals surface area (Å²) in [6.07, 6.45) is 1.74. The fourth-order valence-corrected chi connectivity index (χ4v) is 4.38. The maximum absolute atomic E-state index is 13.5. The van der Waals surface area contributed by atoms with Gasteiger partial charge in [-0.25, -0.2) is 0 Å². The average molecular weight is 447 g/mol. The summed E-state index contributed by atoms with van der Waals surface area (Å²) < 4.78 is 10.4. The van der Waals surface area contributed by atoms with E-state index in [0.29, 0.717) is 11.3 Å². The number of carbonyl (C=O) groups is 1. The molecule has 0 saturated carbocycles. The van der Waals surface area contributed by atoms with Crippen LogP contribution in [0, 0.1) is 0 Å². The molecule has 33 heavy (non-hydrogen) atoms. The van der Waals surface area contributed by atoms with Crippen molar-refractivity contribution >= 4 is 11.6 Å². The summed E-state index contributed by atoms with van der Waals surface area (Å²) in [5, 5.41) is 10.1. The number of ether oxygens (including phenoxy) is 2. The number of amides is 1. The summed E-state index contributed by atoms with van der Waals surface area (Å²) in [4.78, 5) is 17.8. The number of likely N-dealkylation sites (tertiary alicyclic amines) is 1. The van der Waals surface area contributed by atoms with Crippen LogP contribution in [0.3, 0.4) is 0 Å². The Labute approximate surface area is 195 Å². The van der Waals surface area contributed by atoms with Crippen molar-refractivity contribution in [3.05, 3.63) is 83.9 Å². The Morgan fingerprint density at radius 3 is 2.27 bits per heavy atom. The molecule has 1 aliphatic rings. The summed E-state index contributed by atoms with van der Waals surface area (Å²) >= 11 is 0. The lowest BCUT2D eigenvalue weighted by Gasteiger charge is -2.38. The van der Waals surface area contributed by atoms with Crippen molar-refractivity contribution in [3.63, 3.8) is 0 Å². The lowest BCUT2D eigenvalue weighted by atomic mass is 10.00. The molecule has 0 unspecified atom stereocenters. The standard InChI is InChI=1S/C27H30N2O4/c1-32-24-11-9-22(10-12-24)29(27(31)21-6-4-3-5-7-21)23-14-16-28(17-15-23)19-20-8-13-26(33-2)25(30)18-20/h3-13,18,23,30H,14-17,19H2,1-2H3. The quantitative estimate of drug-likeness (QED) is 0.569. The molecule has 1 saturated heterocycles. The first kappa shape index (κ1) is 22.7. The van der Waals surface area contributed by atoms with E-state index in [0.717, 1.165) is 49.5 Å². The van der Waals surface area contributed by atoms with Gasteiger partial charge < -0.3 is 19.5 Å². The topological polar surface area (TPSA) is 62.2 Å². The van der Waals surface area contributed by atoms with Crippen LogP contribution < -0.4 is 14.4 Å². The van der Waals surface area contributed by atoms with Gasteiger partial charge in [0.05, 0.1) is 14.2 Å². The summed E-state index contributed by atoms with van der Waals surface area (Å²) in [6.45, 7) is 2.48. The Morgan fingerprint density at radius 2 is 1.67 bits per heavy atom. The van der Waals surface area contributed by atoms with Crippen LogP contribution in [-0.4, -0.2) is 49.3 Å². The van der Waals surface area contributed by atoms with Gasteiger partial charge in [-0.15, -0.1) is 0 Å². The van der Waals surface area contributed by atoms with Crippen LogP contribution in [0.15, 0.2) is 72.8 Å². The van der Waals surface area contributed by atoms with Gasteiger partial charge in [0.1, 0.15) is 5.75 Å². The SMILES string of the molecule is COc1ccc(N(C(=O)c2ccccc2)C2CCN(Cc3ccc(OC)c(O)c3)CC2)cc1. The molecule has 0 bridgehead atoms. The Balaban J connectivity index is 1.49. The molecular weight excluding hydrogens is 416 g/mol. The molecule has 0 atom stereocenters. The van der Waals surface area contributed by atoms with E-state index in [4.69, 9.17) is 9.47 Å². The highest BCUT2D eigenvalue weighted by Crippen LogP contribution is 2.30. The lowest BCUT2D eigenvalue weighted by Crippen LogP contribution is -2.47. The summed E-state index contributed by atoms with van der Waals surface area (Å²) in [7, 11) is 3.19. The van der Waals surface area contributed by atoms with Crippen LogP contribution in [0.5, 0.6) is 17.2 Å². The lowest BCUT2D eigenvalue weighted by molar-refractivity contribution is 0.0958. The second kappa shape index (κ2) is 10.4. The van der Waals surface area contributed by atoms with Gasteiger partial charge in [0.15, 0.2) is 11.5 Å². The first-order chi connectivity index (χ1) is 16.1. The van der Waals surface area contributed by atoms with E-state index in [9.17, 15) is 9.90 Å². The van der Waals surface area contributed by atoms with Crippen LogP contribution in [0.4, 0.5) is 5.69 Å². The number of carbonyl (C=O) groups excluding carboxylic acids is 1. The third-order valence-corrected chi connectivity index (χ3v) is 6.16. The smallest absolute Gasteiger partial charge is 0.258 e. The molecule has 3 aromatic carbocycles. The van der Waals surface area contributed by atoms with Gasteiger partial charge in [0.25, 0.3) is 5.91 Å². The van der Waals surface area contributed by atoms with Gasteiger partial charge in [0.2, 0.25) is 0 Å². The number of piperidine rings is 1. The number of aromatic hydroxyl groups is 1. The minimum Gasteiger partial charge on any atom is -0.504 e. The normalized spacial score (nSPS) is 14.6. The maximum Gasteiger partial charge on any atom is 0.258 e. The zero-order chi connectivity index (χ0) is 23.2. The second-order valence-electron chi connectivity index (χ2n) is 8.25. The average Bonchev–Trinajstić information content (AvgIpc) is 2.86. The van der Waals surface area contributed by atoms with Crippen molar-refractivity contribution < 1.29 is 19.4 Å². The van der Waals surface area contributed by atoms with E-state index in [2.05, 4.69) is 4.90 Å². The zero-order valence-corrected chi connectivity index (χ0v) is 19.1. The molecule has 0 spiro atoms. The molecular formula is C27H30N2O4. The second-order valence-corrected chi connectivity index (χ2v) is 8.25. The maximum atomic E-state index is 13.5. The molecule has 1 heterocycles. The zero-order valence-electron chi connectivity index (χ0n) is 19.1. The number of rotatable bonds is 7. The fourth-order valence-electron chi connectivity index (χ4n) is 4.38. The molecule has 6 nitrogen and oxygen atoms in total. The number of anilines is 1. The van der Waals surface area contributed by atoms with E-state index >= 15 is 0 Å². The van der Waals surface area contributed by atoms with Crippen molar-refractivity contribution in [2.75, 3.05) is 32.2 Å². The molecule has 3 aromatic rings. The highest BCUT2D eigenvalue weighted by atomic mass is 16.5. The Hall–Kier alpha value is -3.51. The first-order valence-electron chi connectivity index (χ1n) is 11.2. The molecule has 4 rings (SSSR count). The number of phenolic OH excluding ortho intramolecular Hbond substituents is 1. The first-order valence-corrected chi connectivity index (χ1v) is 11.2. The number of benzene rings is 3. The van der Waals surface area contributed by atoms with Crippen molar-refractivity contribution in [1.82, 2.24) is 4.90 Å². The van der Waals surface area contributed by atoms with Crippen molar-refractivity contribution in [1.29, 1.82) is 0 Å². The fraction of sp³-hybridized carbons (Fsp3) is 0.296. The van der Waals surface area contributed by atoms with Gasteiger partial charge in [-0.3, -0.25) is 9.69 Å². The van der Waals surface area contributed by atoms with E-state index in [1.165, 1.54) is 0 Å². The summed E-state index contributed by atoms with van der Waals surface area (Å²) in [6, 6.07) is 22.8. The third-order valence-electron chi connectivity index (χ3n) is 6.16. The van der Waals surface area contributed by atoms with Crippen molar-refractivity contribution in [3.8, 4) is 17.2 Å². The highest BCUT2D eigenvalue weighted by Gasteiger charge is 2.30. The molecule has 0 aliphatic carbocycles. The van der Waals surface area contributed by atoms with E-state index < -0.39 is 0 Å². The van der Waals surface area contributed by atoms with Crippen LogP contribution in [0.2, 0.25) is 0 Å². The number of phenols is 1. The molecule has 1 N–H and O–H groups in total. The number of methoxy groups -OCH3 is 2. The van der Waals surface area contributed by atoms with E-state index in [1.807, 2.05) is 65.6 Å². The molecule has 172 valence electrons. The number of nitrogens with zero attached hydrogens (tertiary/aromatic N) is 2. The molecule has 1 fully saturated rings. The van der Waals surface area contributed by atoms with Crippen molar-refractivity contribution in [2.45, 2.75) is 25.4 Å². The number of hydrogen-bond acceptors (Lipinski definition) is 5.